The number of benzene rings is 1. The van der Waals surface area contributed by atoms with Crippen LogP contribution in [0.3, 0.4) is 0 Å². The van der Waals surface area contributed by atoms with E-state index in [2.05, 4.69) is 15.6 Å². The Morgan fingerprint density at radius 1 is 1.24 bits per heavy atom. The van der Waals surface area contributed by atoms with E-state index in [0.717, 1.165) is 15.5 Å². The van der Waals surface area contributed by atoms with Gasteiger partial charge in [0, 0.05) is 4.88 Å². The number of carbonyl (C=O) groups is 3. The summed E-state index contributed by atoms with van der Waals surface area (Å²) in [5, 5.41) is 5.71. The Morgan fingerprint density at radius 3 is 2.59 bits per heavy atom. The van der Waals surface area contributed by atoms with E-state index in [9.17, 15) is 14.4 Å². The van der Waals surface area contributed by atoms with Gasteiger partial charge in [-0.25, -0.2) is 9.78 Å². The van der Waals surface area contributed by atoms with Crippen LogP contribution in [0.5, 0.6) is 11.5 Å². The molecule has 1 aromatic carbocycles. The number of ether oxygens (including phenoxy) is 2. The zero-order chi connectivity index (χ0) is 21.1. The fourth-order valence-electron chi connectivity index (χ4n) is 2.91. The number of thiazole rings is 1. The van der Waals surface area contributed by atoms with Gasteiger partial charge in [-0.1, -0.05) is 6.07 Å². The van der Waals surface area contributed by atoms with Crippen LogP contribution in [0.1, 0.15) is 22.6 Å². The van der Waals surface area contributed by atoms with Gasteiger partial charge in [0.05, 0.1) is 32.9 Å². The molecule has 1 aromatic heterocycles. The van der Waals surface area contributed by atoms with Crippen molar-refractivity contribution >= 4 is 34.3 Å². The van der Waals surface area contributed by atoms with E-state index in [4.69, 9.17) is 9.47 Å². The number of imide groups is 1. The van der Waals surface area contributed by atoms with Gasteiger partial charge in [-0.15, -0.1) is 11.3 Å². The third kappa shape index (κ3) is 4.48. The van der Waals surface area contributed by atoms with Crippen LogP contribution >= 0.6 is 11.3 Å². The summed E-state index contributed by atoms with van der Waals surface area (Å²) < 4.78 is 10.4. The lowest BCUT2D eigenvalue weighted by atomic mass is 10.1. The molecule has 3 rings (SSSR count). The first-order valence-corrected chi connectivity index (χ1v) is 9.70. The standard InChI is InChI=1S/C19H22N4O5S/c1-10-11(2)29-18(20-10)22-16(24)8-13-17(25)23(19(26)21-13)9-12-5-6-14(27-3)15(7-12)28-4/h5-7,13H,8-9H2,1-4H3,(H,21,26)(H,20,22,24)/t13-/m1/s1. The monoisotopic (exact) mass is 418 g/mol. The van der Waals surface area contributed by atoms with Crippen molar-refractivity contribution < 1.29 is 23.9 Å². The van der Waals surface area contributed by atoms with Crippen molar-refractivity contribution in [1.29, 1.82) is 0 Å². The molecule has 1 atom stereocenters. The molecule has 29 heavy (non-hydrogen) atoms. The van der Waals surface area contributed by atoms with E-state index < -0.39 is 18.0 Å². The molecule has 2 aromatic rings. The molecule has 10 heteroatoms. The molecule has 1 aliphatic rings. The average Bonchev–Trinajstić information content (AvgIpc) is 3.13. The highest BCUT2D eigenvalue weighted by Gasteiger charge is 2.39. The van der Waals surface area contributed by atoms with Crippen LogP contribution in [0, 0.1) is 13.8 Å². The third-order valence-electron chi connectivity index (χ3n) is 4.56. The van der Waals surface area contributed by atoms with Crippen molar-refractivity contribution in [3.8, 4) is 11.5 Å². The van der Waals surface area contributed by atoms with Crippen LogP contribution in [0.15, 0.2) is 18.2 Å². The molecular formula is C19H22N4O5S. The molecule has 2 N–H and O–H groups in total. The van der Waals surface area contributed by atoms with Crippen LogP contribution in [0.2, 0.25) is 0 Å². The highest BCUT2D eigenvalue weighted by Crippen LogP contribution is 2.28. The Morgan fingerprint density at radius 2 is 1.97 bits per heavy atom. The van der Waals surface area contributed by atoms with Gasteiger partial charge in [0.1, 0.15) is 6.04 Å². The summed E-state index contributed by atoms with van der Waals surface area (Å²) in [6, 6.07) is 3.70. The number of urea groups is 1. The molecule has 9 nitrogen and oxygen atoms in total. The number of rotatable bonds is 7. The van der Waals surface area contributed by atoms with Gasteiger partial charge < -0.3 is 20.1 Å². The number of nitrogens with zero attached hydrogens (tertiary/aromatic N) is 2. The quantitative estimate of drug-likeness (QED) is 0.668. The number of aryl methyl sites for hydroxylation is 2. The maximum Gasteiger partial charge on any atom is 0.325 e. The Kier molecular flexibility index (Phi) is 6.02. The number of carbonyl (C=O) groups excluding carboxylic acids is 3. The maximum absolute atomic E-state index is 12.6. The molecule has 4 amide bonds. The molecule has 0 aliphatic carbocycles. The second kappa shape index (κ2) is 8.48. The molecule has 0 saturated carbocycles. The van der Waals surface area contributed by atoms with Gasteiger partial charge in [0.2, 0.25) is 5.91 Å². The molecule has 0 unspecified atom stereocenters. The Hall–Kier alpha value is -3.14. The van der Waals surface area contributed by atoms with E-state index in [1.165, 1.54) is 25.6 Å². The van der Waals surface area contributed by atoms with Gasteiger partial charge in [0.25, 0.3) is 5.91 Å². The van der Waals surface area contributed by atoms with Crippen molar-refractivity contribution in [2.45, 2.75) is 32.9 Å². The first kappa shape index (κ1) is 20.6. The maximum atomic E-state index is 12.6. The minimum absolute atomic E-state index is 0.0635. The summed E-state index contributed by atoms with van der Waals surface area (Å²) in [6.45, 7) is 3.83. The van der Waals surface area contributed by atoms with Crippen LogP contribution in [-0.4, -0.2) is 48.0 Å². The largest absolute Gasteiger partial charge is 0.493 e. The lowest BCUT2D eigenvalue weighted by molar-refractivity contribution is -0.130. The molecule has 0 bridgehead atoms. The topological polar surface area (TPSA) is 110 Å². The number of hydrogen-bond donors (Lipinski definition) is 2. The second-order valence-corrected chi connectivity index (χ2v) is 7.73. The number of nitrogens with one attached hydrogen (secondary N) is 2. The van der Waals surface area contributed by atoms with Gasteiger partial charge in [-0.3, -0.25) is 14.5 Å². The summed E-state index contributed by atoms with van der Waals surface area (Å²) in [5.74, 6) is 0.217. The highest BCUT2D eigenvalue weighted by atomic mass is 32.1. The predicted molar refractivity (Wildman–Crippen MR) is 107 cm³/mol. The van der Waals surface area contributed by atoms with Crippen LogP contribution in [0.25, 0.3) is 0 Å². The lowest BCUT2D eigenvalue weighted by Gasteiger charge is -2.15. The number of anilines is 1. The molecule has 1 saturated heterocycles. The normalized spacial score (nSPS) is 16.0. The summed E-state index contributed by atoms with van der Waals surface area (Å²) in [7, 11) is 3.04. The first-order chi connectivity index (χ1) is 13.8. The fraction of sp³-hybridized carbons (Fsp3) is 0.368. The summed E-state index contributed by atoms with van der Waals surface area (Å²) >= 11 is 1.36. The molecule has 1 aliphatic heterocycles. The van der Waals surface area contributed by atoms with Crippen molar-refractivity contribution in [2.24, 2.45) is 0 Å². The zero-order valence-corrected chi connectivity index (χ0v) is 17.4. The van der Waals surface area contributed by atoms with E-state index in [1.54, 1.807) is 18.2 Å². The Bertz CT molecular complexity index is 939. The molecule has 154 valence electrons. The fourth-order valence-corrected chi connectivity index (χ4v) is 3.74. The SMILES string of the molecule is COc1ccc(CN2C(=O)N[C@H](CC(=O)Nc3nc(C)c(C)s3)C2=O)cc1OC. The first-order valence-electron chi connectivity index (χ1n) is 8.89. The molecule has 1 fully saturated rings. The predicted octanol–water partition coefficient (Wildman–Crippen LogP) is 2.23. The van der Waals surface area contributed by atoms with Crippen LogP contribution in [0.4, 0.5) is 9.93 Å². The third-order valence-corrected chi connectivity index (χ3v) is 5.55. The van der Waals surface area contributed by atoms with Crippen molar-refractivity contribution in [3.63, 3.8) is 0 Å². The smallest absolute Gasteiger partial charge is 0.325 e. The average molecular weight is 418 g/mol. The molecule has 2 heterocycles. The van der Waals surface area contributed by atoms with E-state index in [-0.39, 0.29) is 18.9 Å². The van der Waals surface area contributed by atoms with Gasteiger partial charge in [0.15, 0.2) is 16.6 Å². The number of methoxy groups -OCH3 is 2. The number of amides is 4. The van der Waals surface area contributed by atoms with Gasteiger partial charge in [-0.2, -0.15) is 0 Å². The van der Waals surface area contributed by atoms with E-state index >= 15 is 0 Å². The zero-order valence-electron chi connectivity index (χ0n) is 16.6. The minimum Gasteiger partial charge on any atom is -0.493 e. The van der Waals surface area contributed by atoms with Crippen LogP contribution in [-0.2, 0) is 16.1 Å². The van der Waals surface area contributed by atoms with Gasteiger partial charge >= 0.3 is 6.03 Å². The minimum atomic E-state index is -0.912. The molecule has 0 spiro atoms. The van der Waals surface area contributed by atoms with E-state index in [1.807, 2.05) is 13.8 Å². The van der Waals surface area contributed by atoms with E-state index in [0.29, 0.717) is 22.2 Å². The second-order valence-electron chi connectivity index (χ2n) is 6.53. The lowest BCUT2D eigenvalue weighted by Crippen LogP contribution is -2.34. The number of aromatic nitrogens is 1. The van der Waals surface area contributed by atoms with Crippen molar-refractivity contribution in [3.05, 3.63) is 34.3 Å². The molecular weight excluding hydrogens is 396 g/mol. The Labute approximate surface area is 172 Å². The van der Waals surface area contributed by atoms with Crippen molar-refractivity contribution in [1.82, 2.24) is 15.2 Å². The van der Waals surface area contributed by atoms with Crippen LogP contribution < -0.4 is 20.1 Å². The summed E-state index contributed by atoms with van der Waals surface area (Å²) in [5.41, 5.74) is 1.54. The van der Waals surface area contributed by atoms with Gasteiger partial charge in [-0.05, 0) is 31.5 Å². The Balaban J connectivity index is 1.64. The van der Waals surface area contributed by atoms with Crippen molar-refractivity contribution in [2.75, 3.05) is 19.5 Å². The highest BCUT2D eigenvalue weighted by molar-refractivity contribution is 7.15. The number of hydrogen-bond acceptors (Lipinski definition) is 7. The summed E-state index contributed by atoms with van der Waals surface area (Å²) in [6.07, 6.45) is -0.162. The summed E-state index contributed by atoms with van der Waals surface area (Å²) in [4.78, 5) is 43.5. The molecule has 0 radical (unpaired) electrons.